The molecule has 0 aliphatic carbocycles. The number of benzene rings is 2. The summed E-state index contributed by atoms with van der Waals surface area (Å²) in [6.07, 6.45) is 0.206. The molecule has 2 N–H and O–H groups in total. The number of aryl methyl sites for hydroxylation is 1. The summed E-state index contributed by atoms with van der Waals surface area (Å²) in [5, 5.41) is 0. The van der Waals surface area contributed by atoms with Gasteiger partial charge in [0, 0.05) is 6.04 Å². The summed E-state index contributed by atoms with van der Waals surface area (Å²) in [4.78, 5) is 0. The van der Waals surface area contributed by atoms with E-state index < -0.39 is 6.10 Å². The minimum absolute atomic E-state index is 0.280. The highest BCUT2D eigenvalue weighted by Crippen LogP contribution is 2.27. The Morgan fingerprint density at radius 1 is 1.14 bits per heavy atom. The van der Waals surface area contributed by atoms with Crippen LogP contribution < -0.4 is 10.5 Å². The number of hydrogen-bond acceptors (Lipinski definition) is 2. The van der Waals surface area contributed by atoms with E-state index in [1.807, 2.05) is 6.92 Å². The molecule has 0 saturated heterocycles. The molecule has 21 heavy (non-hydrogen) atoms. The maximum Gasteiger partial charge on any atom is 0.139 e. The van der Waals surface area contributed by atoms with Crippen LogP contribution in [-0.2, 0) is 0 Å². The summed E-state index contributed by atoms with van der Waals surface area (Å²) in [5.74, 6) is -0.101. The third-order valence-electron chi connectivity index (χ3n) is 3.43. The van der Waals surface area contributed by atoms with Crippen molar-refractivity contribution in [3.8, 4) is 5.75 Å². The average molecular weight is 291 g/mol. The Kier molecular flexibility index (Phi) is 4.91. The number of hydrogen-bond donors (Lipinski definition) is 1. The zero-order valence-electron chi connectivity index (χ0n) is 12.1. The van der Waals surface area contributed by atoms with Crippen LogP contribution in [0.1, 0.15) is 30.6 Å². The van der Waals surface area contributed by atoms with Gasteiger partial charge in [-0.25, -0.2) is 8.78 Å². The Morgan fingerprint density at radius 2 is 1.90 bits per heavy atom. The van der Waals surface area contributed by atoms with E-state index in [4.69, 9.17) is 10.5 Å². The number of nitrogens with two attached hydrogens (primary N) is 1. The summed E-state index contributed by atoms with van der Waals surface area (Å²) in [5.41, 5.74) is 7.26. The van der Waals surface area contributed by atoms with Gasteiger partial charge in [0.15, 0.2) is 0 Å². The number of ether oxygens (including phenoxy) is 1. The zero-order valence-corrected chi connectivity index (χ0v) is 12.1. The van der Waals surface area contributed by atoms with Gasteiger partial charge in [-0.05, 0) is 54.8 Å². The molecule has 2 aromatic rings. The predicted molar refractivity (Wildman–Crippen MR) is 79.2 cm³/mol. The van der Waals surface area contributed by atoms with E-state index in [0.29, 0.717) is 23.3 Å². The van der Waals surface area contributed by atoms with Crippen LogP contribution in [0.4, 0.5) is 8.78 Å². The van der Waals surface area contributed by atoms with Gasteiger partial charge in [0.25, 0.3) is 0 Å². The molecule has 2 unspecified atom stereocenters. The lowest BCUT2D eigenvalue weighted by Crippen LogP contribution is -2.31. The van der Waals surface area contributed by atoms with Crippen molar-refractivity contribution >= 4 is 0 Å². The summed E-state index contributed by atoms with van der Waals surface area (Å²) in [6.45, 7) is 3.61. The van der Waals surface area contributed by atoms with Gasteiger partial charge in [0.2, 0.25) is 0 Å². The molecule has 2 rings (SSSR count). The summed E-state index contributed by atoms with van der Waals surface area (Å²) in [6, 6.07) is 10.4. The fourth-order valence-electron chi connectivity index (χ4n) is 2.14. The Hall–Kier alpha value is -1.94. The topological polar surface area (TPSA) is 35.2 Å². The predicted octanol–water partition coefficient (Wildman–Crippen LogP) is 4.13. The van der Waals surface area contributed by atoms with Crippen molar-refractivity contribution in [2.75, 3.05) is 0 Å². The maximum atomic E-state index is 13.4. The summed E-state index contributed by atoms with van der Waals surface area (Å²) >= 11 is 0. The summed E-state index contributed by atoms with van der Waals surface area (Å²) in [7, 11) is 0. The van der Waals surface area contributed by atoms with Crippen LogP contribution in [0.2, 0.25) is 0 Å². The van der Waals surface area contributed by atoms with Crippen LogP contribution in [0.15, 0.2) is 42.5 Å². The highest BCUT2D eigenvalue weighted by molar-refractivity contribution is 5.30. The van der Waals surface area contributed by atoms with E-state index in [1.165, 1.54) is 18.2 Å². The Bertz CT molecular complexity index is 615. The lowest BCUT2D eigenvalue weighted by atomic mass is 10.0. The standard InChI is InChI=1S/C17H19F2NO/c1-3-16(20)17(12-5-4-6-13(18)10-12)21-14-7-8-15(19)11(2)9-14/h4-10,16-17H,3,20H2,1-2H3. The third kappa shape index (κ3) is 3.79. The molecular weight excluding hydrogens is 272 g/mol. The zero-order chi connectivity index (χ0) is 15.4. The van der Waals surface area contributed by atoms with Gasteiger partial charge in [0.05, 0.1) is 0 Å². The maximum absolute atomic E-state index is 13.4. The SMILES string of the molecule is CCC(N)C(Oc1ccc(F)c(C)c1)c1cccc(F)c1. The van der Waals surface area contributed by atoms with Gasteiger partial charge in [-0.15, -0.1) is 0 Å². The molecule has 2 aromatic carbocycles. The minimum atomic E-state index is -0.476. The quantitative estimate of drug-likeness (QED) is 0.899. The fraction of sp³-hybridized carbons (Fsp3) is 0.294. The van der Waals surface area contributed by atoms with Crippen molar-refractivity contribution in [3.05, 3.63) is 65.2 Å². The first kappa shape index (κ1) is 15.4. The molecule has 0 spiro atoms. The van der Waals surface area contributed by atoms with Gasteiger partial charge >= 0.3 is 0 Å². The molecule has 0 bridgehead atoms. The van der Waals surface area contributed by atoms with Crippen LogP contribution in [-0.4, -0.2) is 6.04 Å². The van der Waals surface area contributed by atoms with Crippen LogP contribution in [0.5, 0.6) is 5.75 Å². The monoisotopic (exact) mass is 291 g/mol. The van der Waals surface area contributed by atoms with Gasteiger partial charge in [-0.2, -0.15) is 0 Å². The van der Waals surface area contributed by atoms with Crippen LogP contribution in [0.3, 0.4) is 0 Å². The molecule has 0 aliphatic heterocycles. The molecule has 0 saturated carbocycles. The van der Waals surface area contributed by atoms with Gasteiger partial charge in [-0.3, -0.25) is 0 Å². The second kappa shape index (κ2) is 6.68. The molecule has 4 heteroatoms. The Morgan fingerprint density at radius 3 is 2.52 bits per heavy atom. The van der Waals surface area contributed by atoms with Crippen LogP contribution >= 0.6 is 0 Å². The summed E-state index contributed by atoms with van der Waals surface area (Å²) < 4.78 is 32.6. The van der Waals surface area contributed by atoms with E-state index in [0.717, 1.165) is 0 Å². The molecule has 0 radical (unpaired) electrons. The second-order valence-corrected chi connectivity index (χ2v) is 5.08. The van der Waals surface area contributed by atoms with E-state index in [-0.39, 0.29) is 17.7 Å². The largest absolute Gasteiger partial charge is 0.484 e. The first-order valence-corrected chi connectivity index (χ1v) is 6.95. The van der Waals surface area contributed by atoms with Crippen molar-refractivity contribution < 1.29 is 13.5 Å². The van der Waals surface area contributed by atoms with Crippen molar-refractivity contribution in [2.24, 2.45) is 5.73 Å². The highest BCUT2D eigenvalue weighted by atomic mass is 19.1. The van der Waals surface area contributed by atoms with Crippen LogP contribution in [0, 0.1) is 18.6 Å². The van der Waals surface area contributed by atoms with E-state index in [1.54, 1.807) is 31.2 Å². The fourth-order valence-corrected chi connectivity index (χ4v) is 2.14. The molecular formula is C17H19F2NO. The van der Waals surface area contributed by atoms with Gasteiger partial charge < -0.3 is 10.5 Å². The van der Waals surface area contributed by atoms with E-state index in [9.17, 15) is 8.78 Å². The minimum Gasteiger partial charge on any atom is -0.484 e. The smallest absolute Gasteiger partial charge is 0.139 e. The van der Waals surface area contributed by atoms with Crippen molar-refractivity contribution in [1.82, 2.24) is 0 Å². The third-order valence-corrected chi connectivity index (χ3v) is 3.43. The first-order valence-electron chi connectivity index (χ1n) is 6.95. The average Bonchev–Trinajstić information content (AvgIpc) is 2.47. The number of rotatable bonds is 5. The molecule has 0 aromatic heterocycles. The van der Waals surface area contributed by atoms with E-state index >= 15 is 0 Å². The van der Waals surface area contributed by atoms with Gasteiger partial charge in [-0.1, -0.05) is 19.1 Å². The highest BCUT2D eigenvalue weighted by Gasteiger charge is 2.21. The molecule has 0 amide bonds. The molecule has 2 atom stereocenters. The molecule has 0 heterocycles. The number of halogens is 2. The first-order chi connectivity index (χ1) is 10.0. The van der Waals surface area contributed by atoms with Crippen molar-refractivity contribution in [3.63, 3.8) is 0 Å². The molecule has 0 fully saturated rings. The van der Waals surface area contributed by atoms with Gasteiger partial charge in [0.1, 0.15) is 23.5 Å². The van der Waals surface area contributed by atoms with E-state index in [2.05, 4.69) is 0 Å². The lowest BCUT2D eigenvalue weighted by Gasteiger charge is -2.25. The molecule has 0 aliphatic rings. The second-order valence-electron chi connectivity index (χ2n) is 5.08. The molecule has 2 nitrogen and oxygen atoms in total. The Labute approximate surface area is 123 Å². The Balaban J connectivity index is 2.30. The van der Waals surface area contributed by atoms with Crippen molar-refractivity contribution in [1.29, 1.82) is 0 Å². The van der Waals surface area contributed by atoms with Crippen molar-refractivity contribution in [2.45, 2.75) is 32.4 Å². The van der Waals surface area contributed by atoms with Crippen LogP contribution in [0.25, 0.3) is 0 Å². The normalized spacial score (nSPS) is 13.8. The molecule has 112 valence electrons. The lowest BCUT2D eigenvalue weighted by molar-refractivity contribution is 0.170.